The molecule has 2 atom stereocenters. The molecule has 1 aromatic carbocycles. The van der Waals surface area contributed by atoms with Gasteiger partial charge in [0.1, 0.15) is 12.5 Å². The van der Waals surface area contributed by atoms with E-state index in [9.17, 15) is 18.0 Å². The van der Waals surface area contributed by atoms with Gasteiger partial charge in [0.2, 0.25) is 10.0 Å². The SMILES string of the molecule is CC[C@H](OCn1ccc(=O)[nH]c1=O)S(=O)(=O)NC(C)c1cccc(OC2CCCC2)c1. The zero-order valence-corrected chi connectivity index (χ0v) is 18.6. The number of benzene rings is 1. The first-order valence-electron chi connectivity index (χ1n) is 10.5. The predicted molar refractivity (Wildman–Crippen MR) is 116 cm³/mol. The highest BCUT2D eigenvalue weighted by Crippen LogP contribution is 2.26. The molecule has 1 heterocycles. The predicted octanol–water partition coefficient (Wildman–Crippen LogP) is 2.25. The first-order chi connectivity index (χ1) is 14.8. The summed E-state index contributed by atoms with van der Waals surface area (Å²) >= 11 is 0. The molecule has 1 saturated carbocycles. The standard InChI is InChI=1S/C21H29N3O6S/c1-3-20(29-14-24-12-11-19(25)22-21(24)26)31(27,28)23-15(2)16-7-6-10-18(13-16)30-17-8-4-5-9-17/h6-7,10-13,15,17,20,23H,3-5,8-9,14H2,1-2H3,(H,22,25,26)/t15?,20-/m1/s1. The summed E-state index contributed by atoms with van der Waals surface area (Å²) in [5, 5.41) is 0. The van der Waals surface area contributed by atoms with Crippen LogP contribution in [0.4, 0.5) is 0 Å². The minimum absolute atomic E-state index is 0.186. The Morgan fingerprint density at radius 1 is 1.23 bits per heavy atom. The second-order valence-corrected chi connectivity index (χ2v) is 9.55. The van der Waals surface area contributed by atoms with Crippen molar-refractivity contribution in [3.63, 3.8) is 0 Å². The molecular weight excluding hydrogens is 422 g/mol. The monoisotopic (exact) mass is 451 g/mol. The van der Waals surface area contributed by atoms with Crippen LogP contribution in [-0.4, -0.2) is 29.5 Å². The van der Waals surface area contributed by atoms with Crippen molar-refractivity contribution in [3.05, 3.63) is 62.9 Å². The zero-order valence-electron chi connectivity index (χ0n) is 17.7. The molecule has 1 aromatic heterocycles. The van der Waals surface area contributed by atoms with Gasteiger partial charge in [-0.1, -0.05) is 19.1 Å². The fourth-order valence-corrected chi connectivity index (χ4v) is 5.04. The lowest BCUT2D eigenvalue weighted by Gasteiger charge is -2.22. The van der Waals surface area contributed by atoms with Crippen LogP contribution in [0.3, 0.4) is 0 Å². The summed E-state index contributed by atoms with van der Waals surface area (Å²) < 4.78 is 40.9. The minimum atomic E-state index is -3.85. The van der Waals surface area contributed by atoms with E-state index in [0.717, 1.165) is 28.7 Å². The lowest BCUT2D eigenvalue weighted by molar-refractivity contribution is 0.0464. The molecule has 0 bridgehead atoms. The first-order valence-corrected chi connectivity index (χ1v) is 12.0. The molecule has 170 valence electrons. The molecular formula is C21H29N3O6S. The number of ether oxygens (including phenoxy) is 2. The van der Waals surface area contributed by atoms with Gasteiger partial charge in [-0.3, -0.25) is 14.3 Å². The quantitative estimate of drug-likeness (QED) is 0.572. The molecule has 2 aromatic rings. The van der Waals surface area contributed by atoms with Gasteiger partial charge >= 0.3 is 5.69 Å². The highest BCUT2D eigenvalue weighted by Gasteiger charge is 2.27. The van der Waals surface area contributed by atoms with Gasteiger partial charge in [0.25, 0.3) is 5.56 Å². The Kier molecular flexibility index (Phi) is 7.69. The molecule has 9 nitrogen and oxygen atoms in total. The summed E-state index contributed by atoms with van der Waals surface area (Å²) in [4.78, 5) is 25.0. The van der Waals surface area contributed by atoms with Crippen molar-refractivity contribution in [2.75, 3.05) is 0 Å². The van der Waals surface area contributed by atoms with Crippen LogP contribution in [-0.2, 0) is 21.5 Å². The minimum Gasteiger partial charge on any atom is -0.490 e. The topological polar surface area (TPSA) is 119 Å². The molecule has 10 heteroatoms. The van der Waals surface area contributed by atoms with Crippen LogP contribution in [0.5, 0.6) is 5.75 Å². The Hall–Kier alpha value is -2.43. The first kappa shape index (κ1) is 23.2. The van der Waals surface area contributed by atoms with Crippen molar-refractivity contribution in [1.82, 2.24) is 14.3 Å². The van der Waals surface area contributed by atoms with E-state index in [1.807, 2.05) is 24.3 Å². The Morgan fingerprint density at radius 2 is 1.97 bits per heavy atom. The molecule has 1 aliphatic carbocycles. The van der Waals surface area contributed by atoms with Crippen molar-refractivity contribution < 1.29 is 17.9 Å². The number of H-pyrrole nitrogens is 1. The van der Waals surface area contributed by atoms with Crippen LogP contribution in [0.2, 0.25) is 0 Å². The van der Waals surface area contributed by atoms with Crippen LogP contribution in [0.1, 0.15) is 57.6 Å². The lowest BCUT2D eigenvalue weighted by atomic mass is 10.1. The van der Waals surface area contributed by atoms with Crippen molar-refractivity contribution in [3.8, 4) is 5.75 Å². The second-order valence-electron chi connectivity index (χ2n) is 7.69. The van der Waals surface area contributed by atoms with Crippen molar-refractivity contribution >= 4 is 10.0 Å². The third-order valence-corrected chi connectivity index (χ3v) is 7.12. The largest absolute Gasteiger partial charge is 0.490 e. The van der Waals surface area contributed by atoms with Gasteiger partial charge in [-0.05, 0) is 56.7 Å². The van der Waals surface area contributed by atoms with Gasteiger partial charge in [0.05, 0.1) is 6.10 Å². The van der Waals surface area contributed by atoms with E-state index in [4.69, 9.17) is 9.47 Å². The molecule has 3 rings (SSSR count). The summed E-state index contributed by atoms with van der Waals surface area (Å²) in [6, 6.07) is 8.10. The summed E-state index contributed by atoms with van der Waals surface area (Å²) in [5.41, 5.74) is -1.58. The third kappa shape index (κ3) is 6.28. The van der Waals surface area contributed by atoms with Crippen molar-refractivity contribution in [1.29, 1.82) is 0 Å². The normalized spacial score (nSPS) is 16.8. The van der Waals surface area contributed by atoms with E-state index in [2.05, 4.69) is 9.71 Å². The molecule has 0 aliphatic heterocycles. The Morgan fingerprint density at radius 3 is 2.65 bits per heavy atom. The van der Waals surface area contributed by atoms with Crippen LogP contribution in [0, 0.1) is 0 Å². The number of sulfonamides is 1. The van der Waals surface area contributed by atoms with Gasteiger partial charge in [-0.2, -0.15) is 0 Å². The Labute approximate surface area is 181 Å². The number of aromatic nitrogens is 2. The maximum atomic E-state index is 12.9. The highest BCUT2D eigenvalue weighted by atomic mass is 32.2. The number of hydrogen-bond acceptors (Lipinski definition) is 6. The summed E-state index contributed by atoms with van der Waals surface area (Å²) in [7, 11) is -3.85. The van der Waals surface area contributed by atoms with Gasteiger partial charge in [-0.25, -0.2) is 17.9 Å². The highest BCUT2D eigenvalue weighted by molar-refractivity contribution is 7.89. The van der Waals surface area contributed by atoms with Crippen LogP contribution in [0.25, 0.3) is 0 Å². The molecule has 0 amide bonds. The van der Waals surface area contributed by atoms with Crippen molar-refractivity contribution in [2.45, 2.75) is 70.3 Å². The third-order valence-electron chi connectivity index (χ3n) is 5.28. The average molecular weight is 452 g/mol. The maximum absolute atomic E-state index is 12.9. The summed E-state index contributed by atoms with van der Waals surface area (Å²) in [6.45, 7) is 3.14. The second kappa shape index (κ2) is 10.3. The molecule has 2 N–H and O–H groups in total. The van der Waals surface area contributed by atoms with E-state index >= 15 is 0 Å². The van der Waals surface area contributed by atoms with Crippen LogP contribution < -0.4 is 20.7 Å². The number of aromatic amines is 1. The molecule has 31 heavy (non-hydrogen) atoms. The fraction of sp³-hybridized carbons (Fsp3) is 0.524. The fourth-order valence-electron chi connectivity index (χ4n) is 3.58. The van der Waals surface area contributed by atoms with Gasteiger partial charge in [0.15, 0.2) is 5.44 Å². The molecule has 1 unspecified atom stereocenters. The number of nitrogens with one attached hydrogen (secondary N) is 2. The van der Waals surface area contributed by atoms with E-state index < -0.39 is 32.8 Å². The van der Waals surface area contributed by atoms with Gasteiger partial charge in [0, 0.05) is 18.3 Å². The summed E-state index contributed by atoms with van der Waals surface area (Å²) in [5.74, 6) is 0.733. The molecule has 1 fully saturated rings. The number of nitrogens with zero attached hydrogens (tertiary/aromatic N) is 1. The smallest absolute Gasteiger partial charge is 0.330 e. The zero-order chi connectivity index (χ0) is 22.4. The number of rotatable bonds is 10. The lowest BCUT2D eigenvalue weighted by Crippen LogP contribution is -2.38. The molecule has 0 saturated heterocycles. The average Bonchev–Trinajstić information content (AvgIpc) is 3.22. The Balaban J connectivity index is 1.64. The van der Waals surface area contributed by atoms with E-state index in [1.54, 1.807) is 13.8 Å². The van der Waals surface area contributed by atoms with Crippen molar-refractivity contribution in [2.24, 2.45) is 0 Å². The maximum Gasteiger partial charge on any atom is 0.330 e. The molecule has 1 aliphatic rings. The van der Waals surface area contributed by atoms with E-state index in [-0.39, 0.29) is 19.3 Å². The summed E-state index contributed by atoms with van der Waals surface area (Å²) in [6.07, 6.45) is 6.09. The molecule has 0 spiro atoms. The van der Waals surface area contributed by atoms with E-state index in [1.165, 1.54) is 25.1 Å². The van der Waals surface area contributed by atoms with Gasteiger partial charge in [-0.15, -0.1) is 0 Å². The van der Waals surface area contributed by atoms with Crippen LogP contribution >= 0.6 is 0 Å². The Bertz CT molecular complexity index is 1090. The molecule has 0 radical (unpaired) electrons. The van der Waals surface area contributed by atoms with Crippen LogP contribution in [0.15, 0.2) is 46.1 Å². The van der Waals surface area contributed by atoms with Gasteiger partial charge < -0.3 is 9.47 Å². The van der Waals surface area contributed by atoms with E-state index in [0.29, 0.717) is 0 Å². The number of hydrogen-bond donors (Lipinski definition) is 2.